The average Bonchev–Trinajstić information content (AvgIpc) is 3.09. The first-order valence-corrected chi connectivity index (χ1v) is 9.52. The fourth-order valence-corrected chi connectivity index (χ4v) is 3.00. The van der Waals surface area contributed by atoms with Crippen LogP contribution < -0.4 is 15.4 Å². The lowest BCUT2D eigenvalue weighted by Crippen LogP contribution is -2.36. The fourth-order valence-electron chi connectivity index (χ4n) is 2.20. The molecule has 0 atom stereocenters. The number of para-hydroxylation sites is 1. The van der Waals surface area contributed by atoms with Gasteiger partial charge in [0, 0.05) is 30.2 Å². The second-order valence-electron chi connectivity index (χ2n) is 6.17. The van der Waals surface area contributed by atoms with Crippen molar-refractivity contribution in [2.45, 2.75) is 40.3 Å². The highest BCUT2D eigenvalue weighted by Gasteiger charge is 2.06. The first kappa shape index (κ1) is 19.2. The first-order chi connectivity index (χ1) is 12.1. The third kappa shape index (κ3) is 6.38. The molecule has 0 radical (unpaired) electrons. The molecule has 0 bridgehead atoms. The number of hydrogen-bond acceptors (Lipinski definition) is 4. The monoisotopic (exact) mass is 360 g/mol. The molecule has 5 nitrogen and oxygen atoms in total. The number of nitrogens with one attached hydrogen (secondary N) is 2. The van der Waals surface area contributed by atoms with Crippen LogP contribution in [-0.4, -0.2) is 24.6 Å². The summed E-state index contributed by atoms with van der Waals surface area (Å²) < 4.78 is 5.90. The van der Waals surface area contributed by atoms with Gasteiger partial charge in [-0.15, -0.1) is 11.3 Å². The summed E-state index contributed by atoms with van der Waals surface area (Å²) in [7, 11) is 1.77. The molecule has 0 saturated carbocycles. The summed E-state index contributed by atoms with van der Waals surface area (Å²) in [6, 6.07) is 8.11. The van der Waals surface area contributed by atoms with Crippen molar-refractivity contribution in [2.75, 3.05) is 13.7 Å². The molecule has 2 N–H and O–H groups in total. The molecule has 2 aromatic rings. The number of aryl methyl sites for hydroxylation is 1. The maximum absolute atomic E-state index is 5.90. The van der Waals surface area contributed by atoms with Gasteiger partial charge in [0.25, 0.3) is 0 Å². The molecule has 0 spiro atoms. The van der Waals surface area contributed by atoms with Crippen molar-refractivity contribution in [3.63, 3.8) is 0 Å². The Bertz CT molecular complexity index is 682. The van der Waals surface area contributed by atoms with E-state index in [0.29, 0.717) is 25.6 Å². The topological polar surface area (TPSA) is 58.5 Å². The fraction of sp³-hybridized carbons (Fsp3) is 0.474. The number of aliphatic imine (C=N–C) groups is 1. The quantitative estimate of drug-likeness (QED) is 0.558. The van der Waals surface area contributed by atoms with Crippen molar-refractivity contribution in [1.82, 2.24) is 15.6 Å². The third-order valence-electron chi connectivity index (χ3n) is 3.57. The zero-order valence-corrected chi connectivity index (χ0v) is 16.3. The molecular formula is C19H28N4OS. The van der Waals surface area contributed by atoms with E-state index in [9.17, 15) is 0 Å². The van der Waals surface area contributed by atoms with Crippen LogP contribution in [0.15, 0.2) is 35.5 Å². The van der Waals surface area contributed by atoms with Gasteiger partial charge in [0.2, 0.25) is 0 Å². The van der Waals surface area contributed by atoms with E-state index in [1.807, 2.05) is 24.4 Å². The van der Waals surface area contributed by atoms with Crippen LogP contribution in [0.4, 0.5) is 0 Å². The average molecular weight is 361 g/mol. The van der Waals surface area contributed by atoms with E-state index >= 15 is 0 Å². The SMILES string of the molecule is CCc1cnc(CNC(=NC)NCc2ccccc2OCC(C)C)s1. The van der Waals surface area contributed by atoms with Gasteiger partial charge >= 0.3 is 0 Å². The van der Waals surface area contributed by atoms with E-state index in [1.54, 1.807) is 18.4 Å². The highest BCUT2D eigenvalue weighted by atomic mass is 32.1. The van der Waals surface area contributed by atoms with Crippen LogP contribution in [-0.2, 0) is 19.5 Å². The summed E-state index contributed by atoms with van der Waals surface area (Å²) >= 11 is 1.74. The number of hydrogen-bond donors (Lipinski definition) is 2. The Morgan fingerprint density at radius 2 is 2.00 bits per heavy atom. The molecule has 1 heterocycles. The molecule has 0 fully saturated rings. The lowest BCUT2D eigenvalue weighted by Gasteiger charge is -2.15. The van der Waals surface area contributed by atoms with E-state index in [1.165, 1.54) is 4.88 Å². The van der Waals surface area contributed by atoms with E-state index in [4.69, 9.17) is 4.74 Å². The van der Waals surface area contributed by atoms with Crippen molar-refractivity contribution in [3.8, 4) is 5.75 Å². The normalized spacial score (nSPS) is 11.6. The maximum atomic E-state index is 5.90. The molecule has 0 aliphatic heterocycles. The van der Waals surface area contributed by atoms with Crippen molar-refractivity contribution >= 4 is 17.3 Å². The summed E-state index contributed by atoms with van der Waals surface area (Å²) in [4.78, 5) is 10.0. The number of benzene rings is 1. The Morgan fingerprint density at radius 3 is 2.68 bits per heavy atom. The van der Waals surface area contributed by atoms with Crippen LogP contribution in [0.5, 0.6) is 5.75 Å². The van der Waals surface area contributed by atoms with Gasteiger partial charge < -0.3 is 15.4 Å². The predicted molar refractivity (Wildman–Crippen MR) is 105 cm³/mol. The van der Waals surface area contributed by atoms with Crippen molar-refractivity contribution in [2.24, 2.45) is 10.9 Å². The second kappa shape index (κ2) is 10.0. The molecule has 0 aliphatic rings. The number of guanidine groups is 1. The zero-order valence-electron chi connectivity index (χ0n) is 15.5. The van der Waals surface area contributed by atoms with Gasteiger partial charge in [-0.3, -0.25) is 4.99 Å². The molecular weight excluding hydrogens is 332 g/mol. The molecule has 0 amide bonds. The Kier molecular flexibility index (Phi) is 7.73. The van der Waals surface area contributed by atoms with Crippen LogP contribution in [0.1, 0.15) is 36.2 Å². The van der Waals surface area contributed by atoms with Crippen LogP contribution in [0.3, 0.4) is 0 Å². The zero-order chi connectivity index (χ0) is 18.1. The van der Waals surface area contributed by atoms with E-state index in [0.717, 1.165) is 28.7 Å². The molecule has 25 heavy (non-hydrogen) atoms. The lowest BCUT2D eigenvalue weighted by molar-refractivity contribution is 0.268. The van der Waals surface area contributed by atoms with Crippen LogP contribution >= 0.6 is 11.3 Å². The highest BCUT2D eigenvalue weighted by molar-refractivity contribution is 7.11. The summed E-state index contributed by atoms with van der Waals surface area (Å²) in [5.74, 6) is 2.18. The van der Waals surface area contributed by atoms with Gasteiger partial charge in [-0.2, -0.15) is 0 Å². The van der Waals surface area contributed by atoms with E-state index < -0.39 is 0 Å². The standard InChI is InChI=1S/C19H28N4OS/c1-5-16-11-21-18(25-16)12-23-19(20-4)22-10-15-8-6-7-9-17(15)24-13-14(2)3/h6-9,11,14H,5,10,12-13H2,1-4H3,(H2,20,22,23). The molecule has 1 aromatic heterocycles. The molecule has 136 valence electrons. The third-order valence-corrected chi connectivity index (χ3v) is 4.71. The Hall–Kier alpha value is -2.08. The van der Waals surface area contributed by atoms with Crippen LogP contribution in [0, 0.1) is 5.92 Å². The minimum absolute atomic E-state index is 0.502. The predicted octanol–water partition coefficient (Wildman–Crippen LogP) is 3.61. The number of rotatable bonds is 8. The highest BCUT2D eigenvalue weighted by Crippen LogP contribution is 2.18. The maximum Gasteiger partial charge on any atom is 0.191 e. The van der Waals surface area contributed by atoms with Crippen molar-refractivity contribution in [1.29, 1.82) is 0 Å². The minimum Gasteiger partial charge on any atom is -0.493 e. The van der Waals surface area contributed by atoms with Gasteiger partial charge in [0.05, 0.1) is 13.2 Å². The molecule has 1 aromatic carbocycles. The van der Waals surface area contributed by atoms with Gasteiger partial charge in [-0.05, 0) is 18.4 Å². The van der Waals surface area contributed by atoms with Crippen LogP contribution in [0.2, 0.25) is 0 Å². The molecule has 2 rings (SSSR count). The second-order valence-corrected chi connectivity index (χ2v) is 7.37. The summed E-state index contributed by atoms with van der Waals surface area (Å²) in [6.07, 6.45) is 2.97. The molecule has 6 heteroatoms. The van der Waals surface area contributed by atoms with E-state index in [2.05, 4.69) is 47.4 Å². The van der Waals surface area contributed by atoms with Crippen molar-refractivity contribution in [3.05, 3.63) is 45.9 Å². The minimum atomic E-state index is 0.502. The summed E-state index contributed by atoms with van der Waals surface area (Å²) in [5.41, 5.74) is 1.12. The van der Waals surface area contributed by atoms with Crippen LogP contribution in [0.25, 0.3) is 0 Å². The van der Waals surface area contributed by atoms with Gasteiger partial charge in [-0.25, -0.2) is 4.98 Å². The summed E-state index contributed by atoms with van der Waals surface area (Å²) in [5, 5.41) is 7.72. The number of ether oxygens (including phenoxy) is 1. The summed E-state index contributed by atoms with van der Waals surface area (Å²) in [6.45, 7) is 8.49. The van der Waals surface area contributed by atoms with Gasteiger partial charge in [0.15, 0.2) is 5.96 Å². The first-order valence-electron chi connectivity index (χ1n) is 8.71. The van der Waals surface area contributed by atoms with Gasteiger partial charge in [0.1, 0.15) is 10.8 Å². The Balaban J connectivity index is 1.88. The van der Waals surface area contributed by atoms with Crippen molar-refractivity contribution < 1.29 is 4.74 Å². The number of aromatic nitrogens is 1. The lowest BCUT2D eigenvalue weighted by atomic mass is 10.2. The Morgan fingerprint density at radius 1 is 1.24 bits per heavy atom. The largest absolute Gasteiger partial charge is 0.493 e. The molecule has 0 aliphatic carbocycles. The molecule has 0 unspecified atom stereocenters. The smallest absolute Gasteiger partial charge is 0.191 e. The number of nitrogens with zero attached hydrogens (tertiary/aromatic N) is 2. The van der Waals surface area contributed by atoms with E-state index in [-0.39, 0.29) is 0 Å². The number of thiazole rings is 1. The van der Waals surface area contributed by atoms with Gasteiger partial charge in [-0.1, -0.05) is 39.0 Å². The Labute approximate surface area is 154 Å². The molecule has 0 saturated heterocycles.